The van der Waals surface area contributed by atoms with Gasteiger partial charge in [0.05, 0.1) is 7.11 Å². The van der Waals surface area contributed by atoms with Crippen molar-refractivity contribution in [3.05, 3.63) is 28.6 Å². The fourth-order valence-corrected chi connectivity index (χ4v) is 3.03. The molecular weight excluding hydrogens is 245 g/mol. The van der Waals surface area contributed by atoms with Gasteiger partial charge in [-0.05, 0) is 50.2 Å². The molecule has 3 nitrogen and oxygen atoms in total. The summed E-state index contributed by atoms with van der Waals surface area (Å²) in [4.78, 5) is 14.4. The molecule has 1 aromatic rings. The third-order valence-electron chi connectivity index (χ3n) is 4.25. The molecule has 3 rings (SSSR count). The number of fused-ring (bicyclic) bond motifs is 1. The molecule has 19 heavy (non-hydrogen) atoms. The van der Waals surface area contributed by atoms with Crippen LogP contribution >= 0.6 is 0 Å². The number of hydrogen-bond donors (Lipinski definition) is 0. The number of nitrogens with zero attached hydrogens (tertiary/aromatic N) is 1. The Labute approximate surface area is 111 Å². The monoisotopic (exact) mass is 261 g/mol. The molecule has 0 spiro atoms. The number of aliphatic imine (C=N–C) groups is 1. The van der Waals surface area contributed by atoms with Crippen LogP contribution in [0.15, 0.2) is 11.1 Å². The van der Waals surface area contributed by atoms with Crippen molar-refractivity contribution in [1.82, 2.24) is 0 Å². The highest BCUT2D eigenvalue weighted by Crippen LogP contribution is 2.52. The molecule has 2 aliphatic rings. The first kappa shape index (κ1) is 12.4. The van der Waals surface area contributed by atoms with E-state index >= 15 is 0 Å². The molecule has 1 fully saturated rings. The Morgan fingerprint density at radius 2 is 2.00 bits per heavy atom. The first-order chi connectivity index (χ1) is 9.22. The van der Waals surface area contributed by atoms with Crippen molar-refractivity contribution in [3.8, 4) is 5.75 Å². The van der Waals surface area contributed by atoms with Crippen molar-refractivity contribution in [1.29, 1.82) is 0 Å². The lowest BCUT2D eigenvalue weighted by molar-refractivity contribution is 0.400. The third kappa shape index (κ3) is 1.87. The quantitative estimate of drug-likeness (QED) is 0.619. The highest BCUT2D eigenvalue weighted by atomic mass is 19.1. The van der Waals surface area contributed by atoms with Gasteiger partial charge in [-0.3, -0.25) is 0 Å². The molecule has 100 valence electrons. The second-order valence-corrected chi connectivity index (χ2v) is 5.34. The number of halogens is 1. The molecule has 0 unspecified atom stereocenters. The Kier molecular flexibility index (Phi) is 2.90. The molecule has 0 heterocycles. The average molecular weight is 261 g/mol. The van der Waals surface area contributed by atoms with Crippen LogP contribution in [-0.4, -0.2) is 13.2 Å². The van der Waals surface area contributed by atoms with Gasteiger partial charge in [-0.15, -0.1) is 0 Å². The van der Waals surface area contributed by atoms with Gasteiger partial charge in [0, 0.05) is 11.1 Å². The summed E-state index contributed by atoms with van der Waals surface area (Å²) in [5, 5.41) is 0. The van der Waals surface area contributed by atoms with Crippen molar-refractivity contribution >= 4 is 6.08 Å². The van der Waals surface area contributed by atoms with Crippen LogP contribution in [0.1, 0.15) is 42.4 Å². The van der Waals surface area contributed by atoms with Gasteiger partial charge in [0.2, 0.25) is 6.08 Å². The van der Waals surface area contributed by atoms with Gasteiger partial charge in [-0.25, -0.2) is 9.18 Å². The van der Waals surface area contributed by atoms with Crippen LogP contribution in [0, 0.1) is 5.82 Å². The van der Waals surface area contributed by atoms with Crippen LogP contribution in [0.25, 0.3) is 0 Å². The van der Waals surface area contributed by atoms with Gasteiger partial charge in [0.25, 0.3) is 0 Å². The smallest absolute Gasteiger partial charge is 0.235 e. The van der Waals surface area contributed by atoms with E-state index in [-0.39, 0.29) is 5.82 Å². The lowest BCUT2D eigenvalue weighted by atomic mass is 9.87. The van der Waals surface area contributed by atoms with Crippen LogP contribution in [0.2, 0.25) is 0 Å². The number of rotatable bonds is 3. The topological polar surface area (TPSA) is 38.7 Å². The Bertz CT molecular complexity index is 572. The minimum absolute atomic E-state index is 0.188. The van der Waals surface area contributed by atoms with Crippen LogP contribution in [-0.2, 0) is 23.2 Å². The molecule has 0 aliphatic heterocycles. The van der Waals surface area contributed by atoms with Crippen molar-refractivity contribution in [2.45, 2.75) is 44.1 Å². The van der Waals surface area contributed by atoms with Crippen LogP contribution in [0.5, 0.6) is 5.75 Å². The number of benzene rings is 1. The summed E-state index contributed by atoms with van der Waals surface area (Å²) in [6, 6.07) is 1.73. The van der Waals surface area contributed by atoms with Gasteiger partial charge in [-0.1, -0.05) is 0 Å². The maximum Gasteiger partial charge on any atom is 0.235 e. The molecule has 4 heteroatoms. The molecule has 0 saturated heterocycles. The Hall–Kier alpha value is -1.67. The van der Waals surface area contributed by atoms with E-state index in [1.807, 2.05) is 0 Å². The predicted molar refractivity (Wildman–Crippen MR) is 68.6 cm³/mol. The van der Waals surface area contributed by atoms with E-state index < -0.39 is 5.54 Å². The van der Waals surface area contributed by atoms with Crippen molar-refractivity contribution in [2.24, 2.45) is 4.99 Å². The van der Waals surface area contributed by atoms with E-state index in [9.17, 15) is 9.18 Å². The van der Waals surface area contributed by atoms with E-state index in [2.05, 4.69) is 4.99 Å². The maximum absolute atomic E-state index is 14.7. The summed E-state index contributed by atoms with van der Waals surface area (Å²) in [5.74, 6) is 0.547. The molecule has 0 atom stereocenters. The standard InChI is InChI=1S/C15H16FNO2/c1-19-13-8-12(15(6-7-15)17-9-18)14(16)11-5-3-2-4-10(11)13/h8H,2-7H2,1H3. The molecule has 0 bridgehead atoms. The summed E-state index contributed by atoms with van der Waals surface area (Å²) in [6.45, 7) is 0. The van der Waals surface area contributed by atoms with E-state index in [0.717, 1.165) is 42.6 Å². The molecule has 2 aliphatic carbocycles. The second kappa shape index (κ2) is 4.46. The summed E-state index contributed by atoms with van der Waals surface area (Å²) in [7, 11) is 1.61. The SMILES string of the molecule is COc1cc(C2(N=C=O)CC2)c(F)c2c1CCCC2. The van der Waals surface area contributed by atoms with Gasteiger partial charge < -0.3 is 4.74 Å². The fraction of sp³-hybridized carbons (Fsp3) is 0.533. The summed E-state index contributed by atoms with van der Waals surface area (Å²) >= 11 is 0. The molecule has 0 radical (unpaired) electrons. The third-order valence-corrected chi connectivity index (χ3v) is 4.25. The second-order valence-electron chi connectivity index (χ2n) is 5.34. The number of carbonyl (C=O) groups excluding carboxylic acids is 1. The van der Waals surface area contributed by atoms with Crippen LogP contribution in [0.4, 0.5) is 4.39 Å². The number of hydrogen-bond acceptors (Lipinski definition) is 3. The summed E-state index contributed by atoms with van der Waals surface area (Å²) < 4.78 is 20.1. The van der Waals surface area contributed by atoms with Crippen LogP contribution in [0.3, 0.4) is 0 Å². The van der Waals surface area contributed by atoms with Gasteiger partial charge in [-0.2, -0.15) is 4.99 Å². The average Bonchev–Trinajstić information content (AvgIpc) is 3.21. The molecule has 1 aromatic carbocycles. The first-order valence-electron chi connectivity index (χ1n) is 6.69. The number of ether oxygens (including phenoxy) is 1. The lowest BCUT2D eigenvalue weighted by Crippen LogP contribution is -2.14. The number of methoxy groups -OCH3 is 1. The highest BCUT2D eigenvalue weighted by molar-refractivity contribution is 5.51. The van der Waals surface area contributed by atoms with Gasteiger partial charge in [0.15, 0.2) is 0 Å². The van der Waals surface area contributed by atoms with E-state index in [4.69, 9.17) is 4.74 Å². The lowest BCUT2D eigenvalue weighted by Gasteiger charge is -2.23. The molecular formula is C15H16FNO2. The fourth-order valence-electron chi connectivity index (χ4n) is 3.03. The Morgan fingerprint density at radius 3 is 2.58 bits per heavy atom. The maximum atomic E-state index is 14.7. The van der Waals surface area contributed by atoms with E-state index in [0.29, 0.717) is 18.4 Å². The zero-order chi connectivity index (χ0) is 13.5. The zero-order valence-corrected chi connectivity index (χ0v) is 11.0. The molecule has 1 saturated carbocycles. The Morgan fingerprint density at radius 1 is 1.32 bits per heavy atom. The Balaban J connectivity index is 2.18. The minimum atomic E-state index is -0.675. The largest absolute Gasteiger partial charge is 0.496 e. The first-order valence-corrected chi connectivity index (χ1v) is 6.69. The van der Waals surface area contributed by atoms with E-state index in [1.165, 1.54) is 0 Å². The van der Waals surface area contributed by atoms with Crippen molar-refractivity contribution in [3.63, 3.8) is 0 Å². The highest BCUT2D eigenvalue weighted by Gasteiger charge is 2.47. The summed E-state index contributed by atoms with van der Waals surface area (Å²) in [5.41, 5.74) is 1.58. The predicted octanol–water partition coefficient (Wildman–Crippen LogP) is 3.04. The minimum Gasteiger partial charge on any atom is -0.496 e. The molecule has 0 amide bonds. The van der Waals surface area contributed by atoms with E-state index in [1.54, 1.807) is 19.3 Å². The normalized spacial score (nSPS) is 19.3. The summed E-state index contributed by atoms with van der Waals surface area (Å²) in [6.07, 6.45) is 6.67. The van der Waals surface area contributed by atoms with Crippen molar-refractivity contribution < 1.29 is 13.9 Å². The van der Waals surface area contributed by atoms with Gasteiger partial charge in [0.1, 0.15) is 17.1 Å². The zero-order valence-electron chi connectivity index (χ0n) is 11.0. The van der Waals surface area contributed by atoms with Gasteiger partial charge >= 0.3 is 0 Å². The molecule has 0 N–H and O–H groups in total. The van der Waals surface area contributed by atoms with Crippen LogP contribution < -0.4 is 4.74 Å². The number of isocyanates is 1. The molecule has 0 aromatic heterocycles. The van der Waals surface area contributed by atoms with Crippen molar-refractivity contribution in [2.75, 3.05) is 7.11 Å².